The molecule has 0 saturated carbocycles. The zero-order valence-electron chi connectivity index (χ0n) is 15.2. The van der Waals surface area contributed by atoms with Gasteiger partial charge in [0.1, 0.15) is 11.7 Å². The molecule has 1 heterocycles. The average molecular weight is 394 g/mol. The van der Waals surface area contributed by atoms with Crippen molar-refractivity contribution >= 4 is 15.9 Å². The molecule has 0 radical (unpaired) electrons. The highest BCUT2D eigenvalue weighted by Crippen LogP contribution is 2.36. The van der Waals surface area contributed by atoms with Crippen molar-refractivity contribution in [2.24, 2.45) is 4.99 Å². The number of aliphatic imine (C=N–C) groups is 1. The summed E-state index contributed by atoms with van der Waals surface area (Å²) in [5, 5.41) is 0. The molecule has 142 valence electrons. The van der Waals surface area contributed by atoms with E-state index in [1.54, 1.807) is 0 Å². The summed E-state index contributed by atoms with van der Waals surface area (Å²) in [4.78, 5) is 4.83. The molecule has 3 aromatic rings. The van der Waals surface area contributed by atoms with Gasteiger partial charge in [-0.15, -0.1) is 0 Å². The minimum absolute atomic E-state index is 0.0399. The molecule has 0 aliphatic carbocycles. The van der Waals surface area contributed by atoms with E-state index in [1.165, 1.54) is 16.4 Å². The summed E-state index contributed by atoms with van der Waals surface area (Å²) >= 11 is 0. The van der Waals surface area contributed by atoms with Crippen LogP contribution >= 0.6 is 0 Å². The summed E-state index contributed by atoms with van der Waals surface area (Å²) in [5.41, 5.74) is 1.67. The largest absolute Gasteiger partial charge is 0.265 e. The number of hydrogen-bond acceptors (Lipinski definition) is 3. The van der Waals surface area contributed by atoms with Crippen LogP contribution in [0.15, 0.2) is 94.8 Å². The van der Waals surface area contributed by atoms with Crippen molar-refractivity contribution in [1.82, 2.24) is 4.31 Å². The van der Waals surface area contributed by atoms with E-state index in [2.05, 4.69) is 0 Å². The first kappa shape index (κ1) is 18.4. The van der Waals surface area contributed by atoms with Gasteiger partial charge >= 0.3 is 0 Å². The number of nitrogens with zero attached hydrogens (tertiary/aromatic N) is 2. The maximum Gasteiger partial charge on any atom is 0.265 e. The van der Waals surface area contributed by atoms with Crippen LogP contribution < -0.4 is 0 Å². The fourth-order valence-electron chi connectivity index (χ4n) is 3.46. The third-order valence-corrected chi connectivity index (χ3v) is 6.73. The molecule has 0 N–H and O–H groups in total. The van der Waals surface area contributed by atoms with E-state index in [-0.39, 0.29) is 10.9 Å². The minimum Gasteiger partial charge on any atom is -0.257 e. The zero-order valence-corrected chi connectivity index (χ0v) is 16.1. The van der Waals surface area contributed by atoms with Crippen molar-refractivity contribution in [2.45, 2.75) is 23.9 Å². The lowest BCUT2D eigenvalue weighted by atomic mass is 10.0. The van der Waals surface area contributed by atoms with E-state index in [1.807, 2.05) is 67.6 Å². The van der Waals surface area contributed by atoms with Crippen molar-refractivity contribution in [1.29, 1.82) is 0 Å². The van der Waals surface area contributed by atoms with Gasteiger partial charge in [0.2, 0.25) is 0 Å². The van der Waals surface area contributed by atoms with Gasteiger partial charge in [0, 0.05) is 5.56 Å². The van der Waals surface area contributed by atoms with E-state index < -0.39 is 21.9 Å². The first-order chi connectivity index (χ1) is 13.5. The second kappa shape index (κ2) is 7.20. The molecule has 1 aliphatic rings. The number of benzene rings is 3. The lowest BCUT2D eigenvalue weighted by Gasteiger charge is -2.27. The van der Waals surface area contributed by atoms with Gasteiger partial charge in [-0.3, -0.25) is 4.99 Å². The molecule has 0 spiro atoms. The summed E-state index contributed by atoms with van der Waals surface area (Å²) < 4.78 is 41.6. The van der Waals surface area contributed by atoms with E-state index in [0.717, 1.165) is 23.3 Å². The van der Waals surface area contributed by atoms with Gasteiger partial charge in [-0.25, -0.2) is 17.1 Å². The van der Waals surface area contributed by atoms with E-state index in [9.17, 15) is 12.8 Å². The average Bonchev–Trinajstić information content (AvgIpc) is 3.07. The molecule has 28 heavy (non-hydrogen) atoms. The number of halogens is 1. The van der Waals surface area contributed by atoms with E-state index in [4.69, 9.17) is 4.99 Å². The highest BCUT2D eigenvalue weighted by molar-refractivity contribution is 7.89. The maximum atomic E-state index is 13.4. The maximum absolute atomic E-state index is 13.4. The molecule has 2 atom stereocenters. The molecular formula is C22H19FN2O2S. The van der Waals surface area contributed by atoms with Crippen LogP contribution in [0.5, 0.6) is 0 Å². The summed E-state index contributed by atoms with van der Waals surface area (Å²) in [6.07, 6.45) is 0. The normalized spacial score (nSPS) is 19.5. The molecule has 0 amide bonds. The Morgan fingerprint density at radius 1 is 0.857 bits per heavy atom. The van der Waals surface area contributed by atoms with Gasteiger partial charge < -0.3 is 0 Å². The second-order valence-electron chi connectivity index (χ2n) is 6.67. The number of sulfonamides is 1. The van der Waals surface area contributed by atoms with Crippen molar-refractivity contribution in [3.05, 3.63) is 102 Å². The predicted molar refractivity (Wildman–Crippen MR) is 107 cm³/mol. The van der Waals surface area contributed by atoms with Crippen LogP contribution in [0.4, 0.5) is 4.39 Å². The summed E-state index contributed by atoms with van der Waals surface area (Å²) in [6.45, 7) is 1.85. The highest BCUT2D eigenvalue weighted by Gasteiger charge is 2.42. The van der Waals surface area contributed by atoms with Gasteiger partial charge in [0.15, 0.2) is 0 Å². The molecule has 4 nitrogen and oxygen atoms in total. The second-order valence-corrected chi connectivity index (χ2v) is 8.48. The summed E-state index contributed by atoms with van der Waals surface area (Å²) in [7, 11) is -3.91. The topological polar surface area (TPSA) is 49.7 Å². The Bertz CT molecular complexity index is 1100. The van der Waals surface area contributed by atoms with Crippen molar-refractivity contribution in [3.63, 3.8) is 0 Å². The van der Waals surface area contributed by atoms with Crippen LogP contribution in [0.1, 0.15) is 24.1 Å². The fourth-order valence-corrected chi connectivity index (χ4v) is 5.10. The first-order valence-corrected chi connectivity index (χ1v) is 10.4. The Morgan fingerprint density at radius 3 is 2.04 bits per heavy atom. The number of hydrogen-bond donors (Lipinski definition) is 0. The number of amidine groups is 1. The summed E-state index contributed by atoms with van der Waals surface area (Å²) in [5.74, 6) is -0.0844. The molecule has 0 saturated heterocycles. The standard InChI is InChI=1S/C22H19FN2O2S/c1-16-21(17-8-4-2-5-9-17)24-22(18-10-6-3-7-11-18)25(16)28(26,27)20-14-12-19(23)13-15-20/h2-16,21H,1H3/t16-,21+/m1/s1. The molecule has 0 fully saturated rings. The third kappa shape index (κ3) is 3.20. The molecule has 0 unspecified atom stereocenters. The van der Waals surface area contributed by atoms with Crippen LogP contribution in [-0.4, -0.2) is 24.6 Å². The Balaban J connectivity index is 1.84. The van der Waals surface area contributed by atoms with E-state index in [0.29, 0.717) is 5.84 Å². The Hall–Kier alpha value is -2.99. The minimum atomic E-state index is -3.91. The van der Waals surface area contributed by atoms with Crippen molar-refractivity contribution in [3.8, 4) is 0 Å². The van der Waals surface area contributed by atoms with Gasteiger partial charge in [-0.05, 0) is 36.8 Å². The molecule has 3 aromatic carbocycles. The van der Waals surface area contributed by atoms with Crippen LogP contribution in [0.3, 0.4) is 0 Å². The quantitative estimate of drug-likeness (QED) is 0.658. The van der Waals surface area contributed by atoms with Crippen LogP contribution in [0.2, 0.25) is 0 Å². The van der Waals surface area contributed by atoms with Gasteiger partial charge in [0.25, 0.3) is 10.0 Å². The Labute approximate surface area is 164 Å². The molecule has 0 bridgehead atoms. The van der Waals surface area contributed by atoms with Crippen LogP contribution in [0.25, 0.3) is 0 Å². The third-order valence-electron chi connectivity index (χ3n) is 4.84. The van der Waals surface area contributed by atoms with Gasteiger partial charge in [-0.2, -0.15) is 0 Å². The van der Waals surface area contributed by atoms with Crippen LogP contribution in [-0.2, 0) is 10.0 Å². The van der Waals surface area contributed by atoms with Crippen LogP contribution in [0, 0.1) is 5.82 Å². The Kier molecular flexibility index (Phi) is 4.73. The fraction of sp³-hybridized carbons (Fsp3) is 0.136. The van der Waals surface area contributed by atoms with Crippen molar-refractivity contribution < 1.29 is 12.8 Å². The van der Waals surface area contributed by atoms with E-state index >= 15 is 0 Å². The van der Waals surface area contributed by atoms with Crippen molar-refractivity contribution in [2.75, 3.05) is 0 Å². The monoisotopic (exact) mass is 394 g/mol. The van der Waals surface area contributed by atoms with Gasteiger partial charge in [-0.1, -0.05) is 60.7 Å². The summed E-state index contributed by atoms with van der Waals surface area (Å²) in [6, 6.07) is 23.0. The van der Waals surface area contributed by atoms with Gasteiger partial charge in [0.05, 0.1) is 17.0 Å². The lowest BCUT2D eigenvalue weighted by molar-refractivity contribution is 0.434. The molecule has 1 aliphatic heterocycles. The first-order valence-electron chi connectivity index (χ1n) is 8.96. The SMILES string of the molecule is C[C@@H]1[C@@H](c2ccccc2)N=C(c2ccccc2)N1S(=O)(=O)c1ccc(F)cc1. The molecule has 6 heteroatoms. The predicted octanol–water partition coefficient (Wildman–Crippen LogP) is 4.41. The zero-order chi connectivity index (χ0) is 19.7. The highest BCUT2D eigenvalue weighted by atomic mass is 32.2. The molecule has 4 rings (SSSR count). The lowest BCUT2D eigenvalue weighted by Crippen LogP contribution is -2.41. The number of rotatable bonds is 4. The Morgan fingerprint density at radius 2 is 1.43 bits per heavy atom. The molecular weight excluding hydrogens is 375 g/mol. The smallest absolute Gasteiger partial charge is 0.257 e. The molecule has 0 aromatic heterocycles.